The normalized spacial score (nSPS) is 16.9. The van der Waals surface area contributed by atoms with Gasteiger partial charge in [-0.1, -0.05) is 12.1 Å². The molecule has 1 atom stereocenters. The number of aromatic nitrogens is 2. The molecule has 1 unspecified atom stereocenters. The van der Waals surface area contributed by atoms with Gasteiger partial charge in [-0.25, -0.2) is 4.98 Å². The molecule has 0 radical (unpaired) electrons. The molecule has 0 N–H and O–H groups in total. The van der Waals surface area contributed by atoms with Crippen molar-refractivity contribution in [3.63, 3.8) is 0 Å². The minimum atomic E-state index is -0.0396. The van der Waals surface area contributed by atoms with Crippen molar-refractivity contribution in [1.29, 1.82) is 0 Å². The molecule has 1 aliphatic heterocycles. The third-order valence-electron chi connectivity index (χ3n) is 3.89. The standard InChI is InChI=1S/C18H21N3O3/c1-13-4-3-5-15(10-13)23-12-18(22)21-9-7-16(11-21)24-17-6-8-19-14(2)20-17/h3-6,8,10,16H,7,9,11-12H2,1-2H3. The van der Waals surface area contributed by atoms with Crippen molar-refractivity contribution in [1.82, 2.24) is 14.9 Å². The third kappa shape index (κ3) is 4.22. The Morgan fingerprint density at radius 3 is 3.00 bits per heavy atom. The predicted molar refractivity (Wildman–Crippen MR) is 89.1 cm³/mol. The van der Waals surface area contributed by atoms with Crippen LogP contribution in [0.2, 0.25) is 0 Å². The van der Waals surface area contributed by atoms with Crippen molar-refractivity contribution in [2.75, 3.05) is 19.7 Å². The molecule has 6 heteroatoms. The SMILES string of the molecule is Cc1cccc(OCC(=O)N2CCC(Oc3ccnc(C)n3)C2)c1. The fraction of sp³-hybridized carbons (Fsp3) is 0.389. The van der Waals surface area contributed by atoms with Gasteiger partial charge in [0.2, 0.25) is 5.88 Å². The number of carbonyl (C=O) groups is 1. The van der Waals surface area contributed by atoms with Gasteiger partial charge in [0.05, 0.1) is 6.54 Å². The molecule has 1 amide bonds. The van der Waals surface area contributed by atoms with Crippen LogP contribution in [-0.2, 0) is 4.79 Å². The summed E-state index contributed by atoms with van der Waals surface area (Å²) in [5, 5.41) is 0. The highest BCUT2D eigenvalue weighted by atomic mass is 16.5. The van der Waals surface area contributed by atoms with E-state index in [1.807, 2.05) is 38.1 Å². The molecule has 1 aromatic carbocycles. The van der Waals surface area contributed by atoms with Gasteiger partial charge in [0, 0.05) is 25.2 Å². The van der Waals surface area contributed by atoms with Gasteiger partial charge in [0.1, 0.15) is 17.7 Å². The van der Waals surface area contributed by atoms with Gasteiger partial charge in [-0.2, -0.15) is 4.98 Å². The van der Waals surface area contributed by atoms with Crippen molar-refractivity contribution >= 4 is 5.91 Å². The molecular weight excluding hydrogens is 306 g/mol. The van der Waals surface area contributed by atoms with E-state index < -0.39 is 0 Å². The third-order valence-corrected chi connectivity index (χ3v) is 3.89. The number of hydrogen-bond donors (Lipinski definition) is 0. The number of rotatable bonds is 5. The Labute approximate surface area is 141 Å². The monoisotopic (exact) mass is 327 g/mol. The van der Waals surface area contributed by atoms with Gasteiger partial charge in [-0.05, 0) is 31.5 Å². The number of benzene rings is 1. The number of nitrogens with zero attached hydrogens (tertiary/aromatic N) is 3. The quantitative estimate of drug-likeness (QED) is 0.842. The topological polar surface area (TPSA) is 64.5 Å². The second kappa shape index (κ2) is 7.29. The van der Waals surface area contributed by atoms with Crippen LogP contribution < -0.4 is 9.47 Å². The van der Waals surface area contributed by atoms with Crippen LogP contribution in [0.3, 0.4) is 0 Å². The van der Waals surface area contributed by atoms with E-state index in [2.05, 4.69) is 9.97 Å². The lowest BCUT2D eigenvalue weighted by molar-refractivity contribution is -0.132. The average Bonchev–Trinajstić information content (AvgIpc) is 3.01. The van der Waals surface area contributed by atoms with Crippen molar-refractivity contribution in [3.8, 4) is 11.6 Å². The van der Waals surface area contributed by atoms with Crippen LogP contribution in [-0.4, -0.2) is 46.6 Å². The van der Waals surface area contributed by atoms with E-state index in [4.69, 9.17) is 9.47 Å². The summed E-state index contributed by atoms with van der Waals surface area (Å²) in [6.45, 7) is 5.08. The Morgan fingerprint density at radius 2 is 2.21 bits per heavy atom. The van der Waals surface area contributed by atoms with E-state index in [0.717, 1.165) is 12.0 Å². The summed E-state index contributed by atoms with van der Waals surface area (Å²) in [7, 11) is 0. The predicted octanol–water partition coefficient (Wildman–Crippen LogP) is 2.15. The zero-order valence-electron chi connectivity index (χ0n) is 13.9. The number of amides is 1. The lowest BCUT2D eigenvalue weighted by Crippen LogP contribution is -2.34. The van der Waals surface area contributed by atoms with Crippen LogP contribution in [0.15, 0.2) is 36.5 Å². The Hall–Kier alpha value is -2.63. The van der Waals surface area contributed by atoms with E-state index in [1.54, 1.807) is 17.2 Å². The zero-order chi connectivity index (χ0) is 16.9. The van der Waals surface area contributed by atoms with Crippen molar-refractivity contribution in [3.05, 3.63) is 47.9 Å². The summed E-state index contributed by atoms with van der Waals surface area (Å²) in [5.41, 5.74) is 1.11. The maximum absolute atomic E-state index is 12.3. The smallest absolute Gasteiger partial charge is 0.260 e. The maximum Gasteiger partial charge on any atom is 0.260 e. The van der Waals surface area contributed by atoms with Crippen LogP contribution in [0.4, 0.5) is 0 Å². The second-order valence-electron chi connectivity index (χ2n) is 5.92. The van der Waals surface area contributed by atoms with E-state index in [0.29, 0.717) is 30.5 Å². The molecule has 3 rings (SSSR count). The van der Waals surface area contributed by atoms with Gasteiger partial charge >= 0.3 is 0 Å². The minimum absolute atomic E-state index is 0.0264. The highest BCUT2D eigenvalue weighted by Crippen LogP contribution is 2.17. The summed E-state index contributed by atoms with van der Waals surface area (Å²) in [6, 6.07) is 9.41. The first-order chi connectivity index (χ1) is 11.6. The number of aryl methyl sites for hydroxylation is 2. The summed E-state index contributed by atoms with van der Waals surface area (Å²) in [4.78, 5) is 22.3. The lowest BCUT2D eigenvalue weighted by atomic mass is 10.2. The first-order valence-electron chi connectivity index (χ1n) is 8.04. The van der Waals surface area contributed by atoms with Crippen molar-refractivity contribution < 1.29 is 14.3 Å². The molecule has 1 aliphatic rings. The Bertz CT molecular complexity index is 720. The molecule has 24 heavy (non-hydrogen) atoms. The van der Waals surface area contributed by atoms with Gasteiger partial charge in [0.15, 0.2) is 6.61 Å². The number of carbonyl (C=O) groups excluding carboxylic acids is 1. The lowest BCUT2D eigenvalue weighted by Gasteiger charge is -2.17. The summed E-state index contributed by atoms with van der Waals surface area (Å²) >= 11 is 0. The van der Waals surface area contributed by atoms with Crippen LogP contribution in [0.25, 0.3) is 0 Å². The molecule has 1 fully saturated rings. The molecule has 0 bridgehead atoms. The van der Waals surface area contributed by atoms with Crippen molar-refractivity contribution in [2.45, 2.75) is 26.4 Å². The first kappa shape index (κ1) is 16.2. The van der Waals surface area contributed by atoms with E-state index in [9.17, 15) is 4.79 Å². The zero-order valence-corrected chi connectivity index (χ0v) is 13.9. The summed E-state index contributed by atoms with van der Waals surface area (Å²) in [5.74, 6) is 1.91. The molecule has 126 valence electrons. The molecule has 1 saturated heterocycles. The van der Waals surface area contributed by atoms with Crippen LogP contribution in [0, 0.1) is 13.8 Å². The largest absolute Gasteiger partial charge is 0.484 e. The number of likely N-dealkylation sites (tertiary alicyclic amines) is 1. The minimum Gasteiger partial charge on any atom is -0.484 e. The van der Waals surface area contributed by atoms with Gasteiger partial charge < -0.3 is 14.4 Å². The molecule has 0 spiro atoms. The average molecular weight is 327 g/mol. The molecule has 1 aromatic heterocycles. The van der Waals surface area contributed by atoms with E-state index >= 15 is 0 Å². The molecule has 2 aromatic rings. The van der Waals surface area contributed by atoms with E-state index in [-0.39, 0.29) is 18.6 Å². The number of ether oxygens (including phenoxy) is 2. The molecule has 6 nitrogen and oxygen atoms in total. The van der Waals surface area contributed by atoms with Crippen LogP contribution >= 0.6 is 0 Å². The summed E-state index contributed by atoms with van der Waals surface area (Å²) < 4.78 is 11.4. The van der Waals surface area contributed by atoms with Crippen LogP contribution in [0.1, 0.15) is 17.8 Å². The van der Waals surface area contributed by atoms with Gasteiger partial charge in [0.25, 0.3) is 5.91 Å². The molecular formula is C18H21N3O3. The molecule has 0 saturated carbocycles. The Kier molecular flexibility index (Phi) is 4.93. The van der Waals surface area contributed by atoms with Crippen LogP contribution in [0.5, 0.6) is 11.6 Å². The number of hydrogen-bond acceptors (Lipinski definition) is 5. The maximum atomic E-state index is 12.3. The van der Waals surface area contributed by atoms with Crippen molar-refractivity contribution in [2.24, 2.45) is 0 Å². The van der Waals surface area contributed by atoms with Gasteiger partial charge in [-0.3, -0.25) is 4.79 Å². The van der Waals surface area contributed by atoms with E-state index in [1.165, 1.54) is 0 Å². The Balaban J connectivity index is 1.49. The molecule has 0 aliphatic carbocycles. The summed E-state index contributed by atoms with van der Waals surface area (Å²) in [6.07, 6.45) is 2.42. The molecule has 2 heterocycles. The second-order valence-corrected chi connectivity index (χ2v) is 5.92. The Morgan fingerprint density at radius 1 is 1.33 bits per heavy atom. The fourth-order valence-corrected chi connectivity index (χ4v) is 2.66. The first-order valence-corrected chi connectivity index (χ1v) is 8.04. The fourth-order valence-electron chi connectivity index (χ4n) is 2.66. The highest BCUT2D eigenvalue weighted by molar-refractivity contribution is 5.78. The highest BCUT2D eigenvalue weighted by Gasteiger charge is 2.28. The van der Waals surface area contributed by atoms with Gasteiger partial charge in [-0.15, -0.1) is 0 Å².